The molecular formula is C12H13BrF4O3. The summed E-state index contributed by atoms with van der Waals surface area (Å²) in [6, 6.07) is 8.61. The van der Waals surface area contributed by atoms with Crippen LogP contribution in [0.4, 0.5) is 17.6 Å². The molecule has 0 aliphatic rings. The average Bonchev–Trinajstić information content (AvgIpc) is 2.37. The third-order valence-electron chi connectivity index (χ3n) is 2.51. The first-order chi connectivity index (χ1) is 9.16. The van der Waals surface area contributed by atoms with Gasteiger partial charge in [0.2, 0.25) is 0 Å². The van der Waals surface area contributed by atoms with Gasteiger partial charge in [0, 0.05) is 0 Å². The summed E-state index contributed by atoms with van der Waals surface area (Å²) in [6.45, 7) is -0.699. The lowest BCUT2D eigenvalue weighted by Gasteiger charge is -2.29. The summed E-state index contributed by atoms with van der Waals surface area (Å²) in [4.78, 5) is -4.63. The monoisotopic (exact) mass is 360 g/mol. The summed E-state index contributed by atoms with van der Waals surface area (Å²) < 4.78 is 56.1. The van der Waals surface area contributed by atoms with E-state index in [0.717, 1.165) is 0 Å². The topological polar surface area (TPSA) is 49.7 Å². The van der Waals surface area contributed by atoms with Gasteiger partial charge in [-0.3, -0.25) is 0 Å². The zero-order valence-electron chi connectivity index (χ0n) is 10.1. The molecule has 2 N–H and O–H groups in total. The van der Waals surface area contributed by atoms with Crippen LogP contribution in [0.5, 0.6) is 0 Å². The molecule has 0 aliphatic carbocycles. The highest BCUT2D eigenvalue weighted by molar-refractivity contribution is 9.10. The van der Waals surface area contributed by atoms with Gasteiger partial charge in [0.05, 0.1) is 13.2 Å². The summed E-state index contributed by atoms with van der Waals surface area (Å²) in [7, 11) is 0. The van der Waals surface area contributed by atoms with E-state index in [1.54, 1.807) is 30.3 Å². The number of hydrogen-bond acceptors (Lipinski definition) is 3. The van der Waals surface area contributed by atoms with Gasteiger partial charge >= 0.3 is 10.8 Å². The fourth-order valence-electron chi connectivity index (χ4n) is 1.37. The normalized spacial score (nSPS) is 15.9. The van der Waals surface area contributed by atoms with Crippen molar-refractivity contribution in [2.45, 2.75) is 29.6 Å². The first-order valence-corrected chi connectivity index (χ1v) is 6.38. The highest BCUT2D eigenvalue weighted by Crippen LogP contribution is 2.42. The number of rotatable bonds is 7. The summed E-state index contributed by atoms with van der Waals surface area (Å²) >= 11 is 1.48. The SMILES string of the molecule is O[C@H](COCc1ccccc1)[C@H](O)C(F)(F)C(F)(F)Br. The van der Waals surface area contributed by atoms with Crippen molar-refractivity contribution in [3.63, 3.8) is 0 Å². The Morgan fingerprint density at radius 3 is 2.15 bits per heavy atom. The predicted molar refractivity (Wildman–Crippen MR) is 66.9 cm³/mol. The quantitative estimate of drug-likeness (QED) is 0.580. The van der Waals surface area contributed by atoms with Crippen LogP contribution in [-0.2, 0) is 11.3 Å². The molecule has 0 bridgehead atoms. The molecule has 0 saturated carbocycles. The van der Waals surface area contributed by atoms with Gasteiger partial charge in [0.1, 0.15) is 6.10 Å². The van der Waals surface area contributed by atoms with E-state index < -0.39 is 29.6 Å². The average molecular weight is 361 g/mol. The van der Waals surface area contributed by atoms with Crippen LogP contribution in [0, 0.1) is 0 Å². The minimum atomic E-state index is -4.82. The van der Waals surface area contributed by atoms with Crippen molar-refractivity contribution in [1.82, 2.24) is 0 Å². The van der Waals surface area contributed by atoms with E-state index in [4.69, 9.17) is 9.84 Å². The van der Waals surface area contributed by atoms with E-state index in [-0.39, 0.29) is 6.61 Å². The third-order valence-corrected chi connectivity index (χ3v) is 3.04. The lowest BCUT2D eigenvalue weighted by molar-refractivity contribution is -0.233. The molecule has 8 heteroatoms. The first kappa shape index (κ1) is 17.4. The highest BCUT2D eigenvalue weighted by Gasteiger charge is 2.61. The molecule has 0 spiro atoms. The molecule has 2 atom stereocenters. The van der Waals surface area contributed by atoms with Gasteiger partial charge in [0.15, 0.2) is 6.10 Å². The number of alkyl halides is 5. The maximum Gasteiger partial charge on any atom is 0.366 e. The van der Waals surface area contributed by atoms with E-state index in [9.17, 15) is 22.7 Å². The second-order valence-corrected chi connectivity index (χ2v) is 5.13. The van der Waals surface area contributed by atoms with Crippen molar-refractivity contribution in [2.75, 3.05) is 6.61 Å². The molecule has 1 aromatic carbocycles. The van der Waals surface area contributed by atoms with Gasteiger partial charge in [-0.25, -0.2) is 0 Å². The number of hydrogen-bond donors (Lipinski definition) is 2. The Balaban J connectivity index is 2.48. The van der Waals surface area contributed by atoms with Gasteiger partial charge in [0.25, 0.3) is 0 Å². The maximum absolute atomic E-state index is 13.1. The van der Waals surface area contributed by atoms with E-state index in [2.05, 4.69) is 0 Å². The number of halogens is 5. The summed E-state index contributed by atoms with van der Waals surface area (Å²) in [5.41, 5.74) is 0.715. The zero-order valence-corrected chi connectivity index (χ0v) is 11.7. The minimum absolute atomic E-state index is 0.000890. The molecule has 0 aromatic heterocycles. The molecule has 0 fully saturated rings. The first-order valence-electron chi connectivity index (χ1n) is 5.58. The number of ether oxygens (including phenoxy) is 1. The molecule has 0 unspecified atom stereocenters. The van der Waals surface area contributed by atoms with Crippen LogP contribution < -0.4 is 0 Å². The van der Waals surface area contributed by atoms with E-state index >= 15 is 0 Å². The van der Waals surface area contributed by atoms with Crippen molar-refractivity contribution < 1.29 is 32.5 Å². The maximum atomic E-state index is 13.1. The number of benzene rings is 1. The van der Waals surface area contributed by atoms with Crippen molar-refractivity contribution in [1.29, 1.82) is 0 Å². The molecule has 0 saturated heterocycles. The zero-order chi connectivity index (χ0) is 15.4. The van der Waals surface area contributed by atoms with Crippen LogP contribution in [0.1, 0.15) is 5.56 Å². The van der Waals surface area contributed by atoms with E-state index in [1.165, 1.54) is 15.9 Å². The Labute approximate surface area is 121 Å². The van der Waals surface area contributed by atoms with Crippen LogP contribution in [0.3, 0.4) is 0 Å². The van der Waals surface area contributed by atoms with Crippen molar-refractivity contribution in [2.24, 2.45) is 0 Å². The second-order valence-electron chi connectivity index (χ2n) is 4.13. The van der Waals surface area contributed by atoms with Gasteiger partial charge in [-0.05, 0) is 21.5 Å². The fourth-order valence-corrected chi connectivity index (χ4v) is 1.61. The molecule has 114 valence electrons. The molecule has 0 aliphatic heterocycles. The van der Waals surface area contributed by atoms with Gasteiger partial charge in [-0.2, -0.15) is 17.6 Å². The Hall–Kier alpha value is -0.700. The standard InChI is InChI=1S/C12H13BrF4O3/c13-12(16,17)11(14,15)10(19)9(18)7-20-6-8-4-2-1-3-5-8/h1-5,9-10,18-19H,6-7H2/t9-,10+/m1/s1. The van der Waals surface area contributed by atoms with Crippen LogP contribution in [-0.4, -0.2) is 39.8 Å². The van der Waals surface area contributed by atoms with Crippen LogP contribution >= 0.6 is 15.9 Å². The van der Waals surface area contributed by atoms with Crippen molar-refractivity contribution in [3.8, 4) is 0 Å². The fraction of sp³-hybridized carbons (Fsp3) is 0.500. The lowest BCUT2D eigenvalue weighted by Crippen LogP contribution is -2.52. The van der Waals surface area contributed by atoms with Gasteiger partial charge < -0.3 is 14.9 Å². The Morgan fingerprint density at radius 1 is 1.10 bits per heavy atom. The highest BCUT2D eigenvalue weighted by atomic mass is 79.9. The van der Waals surface area contributed by atoms with E-state index in [1.807, 2.05) is 0 Å². The van der Waals surface area contributed by atoms with Crippen LogP contribution in [0.15, 0.2) is 30.3 Å². The number of aliphatic hydroxyl groups is 2. The number of aliphatic hydroxyl groups excluding tert-OH is 2. The molecule has 1 rings (SSSR count). The van der Waals surface area contributed by atoms with E-state index in [0.29, 0.717) is 5.56 Å². The van der Waals surface area contributed by atoms with Crippen molar-refractivity contribution in [3.05, 3.63) is 35.9 Å². The molecule has 0 heterocycles. The van der Waals surface area contributed by atoms with Crippen LogP contribution in [0.2, 0.25) is 0 Å². The summed E-state index contributed by atoms with van der Waals surface area (Å²) in [5, 5.41) is 18.4. The molecule has 0 radical (unpaired) electrons. The molecule has 0 amide bonds. The molecule has 3 nitrogen and oxygen atoms in total. The largest absolute Gasteiger partial charge is 0.388 e. The van der Waals surface area contributed by atoms with Gasteiger partial charge in [-0.1, -0.05) is 30.3 Å². The predicted octanol–water partition coefficient (Wildman–Crippen LogP) is 2.55. The van der Waals surface area contributed by atoms with Crippen LogP contribution in [0.25, 0.3) is 0 Å². The molecule has 20 heavy (non-hydrogen) atoms. The van der Waals surface area contributed by atoms with Crippen molar-refractivity contribution >= 4 is 15.9 Å². The van der Waals surface area contributed by atoms with Gasteiger partial charge in [-0.15, -0.1) is 0 Å². The Morgan fingerprint density at radius 2 is 1.65 bits per heavy atom. The summed E-state index contributed by atoms with van der Waals surface area (Å²) in [6.07, 6.45) is -5.09. The minimum Gasteiger partial charge on any atom is -0.388 e. The lowest BCUT2D eigenvalue weighted by atomic mass is 10.1. The Kier molecular flexibility index (Phi) is 5.93. The smallest absolute Gasteiger partial charge is 0.366 e. The molecular weight excluding hydrogens is 348 g/mol. The molecule has 1 aromatic rings. The Bertz CT molecular complexity index is 411. The summed E-state index contributed by atoms with van der Waals surface area (Å²) in [5.74, 6) is -4.82. The third kappa shape index (κ3) is 4.41. The second kappa shape index (κ2) is 6.84.